The van der Waals surface area contributed by atoms with Gasteiger partial charge in [0.1, 0.15) is 18.8 Å². The summed E-state index contributed by atoms with van der Waals surface area (Å²) in [6.45, 7) is 8.40. The van der Waals surface area contributed by atoms with Gasteiger partial charge in [0, 0.05) is 43.2 Å². The van der Waals surface area contributed by atoms with Crippen molar-refractivity contribution in [1.29, 1.82) is 0 Å². The summed E-state index contributed by atoms with van der Waals surface area (Å²) < 4.78 is 0. The second kappa shape index (κ2) is 8.83. The molecule has 4 rings (SSSR count). The van der Waals surface area contributed by atoms with Crippen LogP contribution in [0, 0.1) is 0 Å². The Morgan fingerprint density at radius 2 is 1.37 bits per heavy atom. The lowest BCUT2D eigenvalue weighted by Crippen LogP contribution is -2.46. The number of aliphatic hydroxyl groups excluding tert-OH is 1. The van der Waals surface area contributed by atoms with Gasteiger partial charge in [0.2, 0.25) is 0 Å². The molecule has 2 heterocycles. The van der Waals surface area contributed by atoms with Gasteiger partial charge < -0.3 is 24.9 Å². The van der Waals surface area contributed by atoms with Crippen LogP contribution < -0.4 is 14.7 Å². The molecule has 0 bridgehead atoms. The summed E-state index contributed by atoms with van der Waals surface area (Å²) in [6.07, 6.45) is 2.30. The first-order valence-corrected chi connectivity index (χ1v) is 10.7. The molecule has 0 unspecified atom stereocenters. The maximum absolute atomic E-state index is 9.96. The molecule has 2 N–H and O–H groups in total. The number of hydrogen-bond donors (Lipinski definition) is 2. The van der Waals surface area contributed by atoms with Crippen molar-refractivity contribution in [2.45, 2.75) is 32.4 Å². The Kier molecular flexibility index (Phi) is 5.99. The molecule has 160 valence electrons. The number of anilines is 3. The summed E-state index contributed by atoms with van der Waals surface area (Å²) in [5, 5.41) is 25.9. The molecule has 1 fully saturated rings. The highest BCUT2D eigenvalue weighted by molar-refractivity contribution is 5.80. The number of aliphatic hydroxyl groups is 1. The molecule has 7 nitrogen and oxygen atoms in total. The van der Waals surface area contributed by atoms with Crippen molar-refractivity contribution < 1.29 is 10.2 Å². The first-order chi connectivity index (χ1) is 14.5. The van der Waals surface area contributed by atoms with Gasteiger partial charge in [-0.05, 0) is 61.9 Å². The highest BCUT2D eigenvalue weighted by Crippen LogP contribution is 2.26. The average Bonchev–Trinajstić information content (AvgIpc) is 3.24. The molecule has 0 spiro atoms. The number of aromatic hydroxyl groups is 1. The van der Waals surface area contributed by atoms with Crippen LogP contribution in [0.2, 0.25) is 0 Å². The van der Waals surface area contributed by atoms with Gasteiger partial charge in [-0.25, -0.2) is 0 Å². The fourth-order valence-corrected chi connectivity index (χ4v) is 4.24. The van der Waals surface area contributed by atoms with E-state index in [0.717, 1.165) is 44.0 Å². The van der Waals surface area contributed by atoms with E-state index in [2.05, 4.69) is 51.0 Å². The van der Waals surface area contributed by atoms with Crippen molar-refractivity contribution in [3.8, 4) is 5.75 Å². The molecule has 0 aliphatic carbocycles. The van der Waals surface area contributed by atoms with Crippen LogP contribution in [0.25, 0.3) is 0 Å². The molecule has 0 aromatic heterocycles. The molecule has 0 saturated carbocycles. The third-order valence-electron chi connectivity index (χ3n) is 6.04. The number of hydrazone groups is 1. The molecule has 1 saturated heterocycles. The van der Waals surface area contributed by atoms with Crippen LogP contribution in [-0.4, -0.2) is 66.6 Å². The van der Waals surface area contributed by atoms with Crippen LogP contribution in [0.5, 0.6) is 5.75 Å². The van der Waals surface area contributed by atoms with Gasteiger partial charge in [-0.1, -0.05) is 6.92 Å². The van der Waals surface area contributed by atoms with Crippen LogP contribution in [0.4, 0.5) is 17.1 Å². The highest BCUT2D eigenvalue weighted by atomic mass is 16.3. The summed E-state index contributed by atoms with van der Waals surface area (Å²) >= 11 is 0. The Bertz CT molecular complexity index is 845. The normalized spacial score (nSPS) is 18.8. The van der Waals surface area contributed by atoms with E-state index in [4.69, 9.17) is 0 Å². The zero-order chi connectivity index (χ0) is 21.1. The predicted octanol–water partition coefficient (Wildman–Crippen LogP) is 2.90. The van der Waals surface area contributed by atoms with Crippen molar-refractivity contribution in [2.75, 3.05) is 47.5 Å². The van der Waals surface area contributed by atoms with Crippen molar-refractivity contribution >= 4 is 23.4 Å². The first-order valence-electron chi connectivity index (χ1n) is 10.7. The zero-order valence-corrected chi connectivity index (χ0v) is 17.7. The number of nitrogens with zero attached hydrogens (tertiary/aromatic N) is 5. The second-order valence-corrected chi connectivity index (χ2v) is 8.00. The lowest BCUT2D eigenvalue weighted by molar-refractivity contribution is 0.0672. The van der Waals surface area contributed by atoms with E-state index in [1.165, 1.54) is 5.69 Å². The Morgan fingerprint density at radius 1 is 0.867 bits per heavy atom. The number of phenols is 1. The van der Waals surface area contributed by atoms with E-state index < -0.39 is 6.10 Å². The molecular weight excluding hydrogens is 378 g/mol. The van der Waals surface area contributed by atoms with Crippen LogP contribution in [0.15, 0.2) is 53.6 Å². The minimum atomic E-state index is -0.408. The first kappa shape index (κ1) is 20.3. The minimum Gasteiger partial charge on any atom is -0.508 e. The minimum absolute atomic E-state index is 0.0374. The summed E-state index contributed by atoms with van der Waals surface area (Å²) in [4.78, 5) is 6.87. The van der Waals surface area contributed by atoms with E-state index in [1.54, 1.807) is 12.1 Å². The highest BCUT2D eigenvalue weighted by Gasteiger charge is 2.26. The monoisotopic (exact) mass is 409 g/mol. The predicted molar refractivity (Wildman–Crippen MR) is 122 cm³/mol. The van der Waals surface area contributed by atoms with Gasteiger partial charge in [0.15, 0.2) is 0 Å². The molecule has 2 aromatic rings. The lowest BCUT2D eigenvalue weighted by atomic mass is 10.1. The van der Waals surface area contributed by atoms with Crippen molar-refractivity contribution in [3.05, 3.63) is 48.5 Å². The van der Waals surface area contributed by atoms with Gasteiger partial charge in [0.05, 0.1) is 12.1 Å². The Balaban J connectivity index is 1.33. The van der Waals surface area contributed by atoms with Gasteiger partial charge >= 0.3 is 0 Å². The standard InChI is InChI=1S/C23H31N5O2/c1-3-23(18(2)29)28-17-27(16-24-28)21-6-4-19(5-7-21)25-12-14-26(15-13-25)20-8-10-22(30)11-9-20/h4-11,16,18,23,29-30H,3,12-15,17H2,1-2H3/t18-,23-/m0/s1. The van der Waals surface area contributed by atoms with Crippen molar-refractivity contribution in [2.24, 2.45) is 5.10 Å². The van der Waals surface area contributed by atoms with E-state index >= 15 is 0 Å². The van der Waals surface area contributed by atoms with Gasteiger partial charge in [-0.15, -0.1) is 0 Å². The van der Waals surface area contributed by atoms with Crippen molar-refractivity contribution in [3.63, 3.8) is 0 Å². The van der Waals surface area contributed by atoms with Gasteiger partial charge in [0.25, 0.3) is 0 Å². The van der Waals surface area contributed by atoms with Gasteiger partial charge in [-0.3, -0.25) is 5.01 Å². The molecular formula is C23H31N5O2. The molecule has 2 aromatic carbocycles. The van der Waals surface area contributed by atoms with Crippen molar-refractivity contribution in [1.82, 2.24) is 5.01 Å². The summed E-state index contributed by atoms with van der Waals surface area (Å²) in [5.74, 6) is 0.305. The summed E-state index contributed by atoms with van der Waals surface area (Å²) in [5.41, 5.74) is 3.49. The smallest absolute Gasteiger partial charge is 0.117 e. The van der Waals surface area contributed by atoms with Crippen LogP contribution in [-0.2, 0) is 0 Å². The molecule has 7 heteroatoms. The third-order valence-corrected chi connectivity index (χ3v) is 6.04. The summed E-state index contributed by atoms with van der Waals surface area (Å²) in [7, 11) is 0. The largest absolute Gasteiger partial charge is 0.508 e. The fourth-order valence-electron chi connectivity index (χ4n) is 4.24. The maximum atomic E-state index is 9.96. The number of rotatable bonds is 6. The zero-order valence-electron chi connectivity index (χ0n) is 17.7. The van der Waals surface area contributed by atoms with Gasteiger partial charge in [-0.2, -0.15) is 5.10 Å². The molecule has 0 amide bonds. The molecule has 0 radical (unpaired) electrons. The van der Waals surface area contributed by atoms with E-state index in [9.17, 15) is 10.2 Å². The number of piperazine rings is 1. The average molecular weight is 410 g/mol. The second-order valence-electron chi connectivity index (χ2n) is 8.00. The van der Waals surface area contributed by atoms with Crippen LogP contribution in [0.1, 0.15) is 20.3 Å². The van der Waals surface area contributed by atoms with E-state index in [0.29, 0.717) is 12.4 Å². The fraction of sp³-hybridized carbons (Fsp3) is 0.435. The summed E-state index contributed by atoms with van der Waals surface area (Å²) in [6, 6.07) is 16.1. The number of hydrogen-bond acceptors (Lipinski definition) is 7. The topological polar surface area (TPSA) is 65.8 Å². The lowest BCUT2D eigenvalue weighted by Gasteiger charge is -2.37. The Labute approximate surface area is 178 Å². The van der Waals surface area contributed by atoms with E-state index in [-0.39, 0.29) is 6.04 Å². The Morgan fingerprint density at radius 3 is 1.87 bits per heavy atom. The van der Waals surface area contributed by atoms with Crippen LogP contribution in [0.3, 0.4) is 0 Å². The maximum Gasteiger partial charge on any atom is 0.117 e. The Hall–Kier alpha value is -2.93. The SMILES string of the molecule is CC[C@@H]([C@H](C)O)N1CN(c2ccc(N3CCN(c4ccc(O)cc4)CC3)cc2)C=N1. The third kappa shape index (κ3) is 4.31. The van der Waals surface area contributed by atoms with E-state index in [1.807, 2.05) is 30.4 Å². The number of benzene rings is 2. The molecule has 2 aliphatic heterocycles. The van der Waals surface area contributed by atoms with Crippen LogP contribution >= 0.6 is 0 Å². The molecule has 2 atom stereocenters. The quantitative estimate of drug-likeness (QED) is 0.765. The molecule has 2 aliphatic rings. The number of phenolic OH excluding ortho intramolecular Hbond substituents is 1. The molecule has 30 heavy (non-hydrogen) atoms.